The molecule has 0 spiro atoms. The summed E-state index contributed by atoms with van der Waals surface area (Å²) in [7, 11) is -4.86. The summed E-state index contributed by atoms with van der Waals surface area (Å²) < 4.78 is 33.1. The van der Waals surface area contributed by atoms with Crippen molar-refractivity contribution in [3.05, 3.63) is 0 Å². The number of alkyl halides is 1. The lowest BCUT2D eigenvalue weighted by molar-refractivity contribution is 0.554. The molecule has 0 atom stereocenters. The Morgan fingerprint density at radius 3 is 2.22 bits per heavy atom. The molecule has 0 amide bonds. The Kier molecular flexibility index (Phi) is 3.38. The van der Waals surface area contributed by atoms with Gasteiger partial charge in [0.2, 0.25) is 0 Å². The summed E-state index contributed by atoms with van der Waals surface area (Å²) in [6.07, 6.45) is 0. The van der Waals surface area contributed by atoms with Gasteiger partial charge in [-0.1, -0.05) is 15.5 Å². The van der Waals surface area contributed by atoms with Crippen LogP contribution in [0, 0.1) is 0 Å². The molecular formula is C2H2Cl2FNO2S. The average Bonchev–Trinajstić information content (AvgIpc) is 1.62. The minimum absolute atomic E-state index is 0.315. The van der Waals surface area contributed by atoms with E-state index < -0.39 is 15.6 Å². The zero-order valence-corrected chi connectivity index (χ0v) is 6.34. The maximum atomic E-state index is 11.5. The van der Waals surface area contributed by atoms with Gasteiger partial charge in [-0.05, 0) is 0 Å². The summed E-state index contributed by atoms with van der Waals surface area (Å²) >= 11 is 9.91. The van der Waals surface area contributed by atoms with E-state index in [-0.39, 0.29) is 5.88 Å². The Morgan fingerprint density at radius 2 is 2.11 bits per heavy atom. The van der Waals surface area contributed by atoms with Gasteiger partial charge in [0.05, 0.1) is 5.88 Å². The van der Waals surface area contributed by atoms with Crippen LogP contribution in [0.5, 0.6) is 0 Å². The van der Waals surface area contributed by atoms with Crippen molar-refractivity contribution in [2.75, 3.05) is 5.88 Å². The van der Waals surface area contributed by atoms with Crippen molar-refractivity contribution in [2.24, 2.45) is 4.40 Å². The lowest BCUT2D eigenvalue weighted by Gasteiger charge is -1.83. The number of hydrogen-bond donors (Lipinski definition) is 0. The van der Waals surface area contributed by atoms with Crippen LogP contribution in [-0.2, 0) is 10.4 Å². The first-order valence-corrected chi connectivity index (χ1v) is 3.96. The van der Waals surface area contributed by atoms with E-state index >= 15 is 0 Å². The highest BCUT2D eigenvalue weighted by Crippen LogP contribution is 1.98. The zero-order chi connectivity index (χ0) is 7.49. The van der Waals surface area contributed by atoms with E-state index in [0.29, 0.717) is 0 Å². The highest BCUT2D eigenvalue weighted by atomic mass is 35.5. The molecule has 0 heterocycles. The quantitative estimate of drug-likeness (QED) is 0.375. The molecule has 0 aromatic carbocycles. The molecule has 0 saturated heterocycles. The van der Waals surface area contributed by atoms with E-state index in [9.17, 15) is 12.3 Å². The molecule has 0 radical (unpaired) electrons. The Labute approximate surface area is 61.8 Å². The standard InChI is InChI=1S/C2H2Cl2FNO2S/c3-1-2(4)6-9(5,7)8/h1H2/b6-2-. The zero-order valence-electron chi connectivity index (χ0n) is 4.01. The minimum atomic E-state index is -4.86. The molecule has 0 unspecified atom stereocenters. The summed E-state index contributed by atoms with van der Waals surface area (Å²) in [5, 5.41) is -0.487. The maximum Gasteiger partial charge on any atom is 0.419 e. The smallest absolute Gasteiger partial charge is 0.170 e. The highest BCUT2D eigenvalue weighted by molar-refractivity contribution is 7.85. The van der Waals surface area contributed by atoms with Crippen molar-refractivity contribution in [3.63, 3.8) is 0 Å². The van der Waals surface area contributed by atoms with Crippen LogP contribution in [0.1, 0.15) is 0 Å². The Hall–Kier alpha value is 0.130. The van der Waals surface area contributed by atoms with Crippen LogP contribution in [0.15, 0.2) is 4.40 Å². The molecule has 54 valence electrons. The van der Waals surface area contributed by atoms with Crippen LogP contribution in [0.2, 0.25) is 0 Å². The molecule has 0 aliphatic carbocycles. The van der Waals surface area contributed by atoms with E-state index in [0.717, 1.165) is 0 Å². The number of rotatable bonds is 2. The van der Waals surface area contributed by atoms with E-state index in [2.05, 4.69) is 4.40 Å². The molecule has 0 aliphatic rings. The van der Waals surface area contributed by atoms with E-state index in [1.165, 1.54) is 0 Å². The van der Waals surface area contributed by atoms with Gasteiger partial charge < -0.3 is 0 Å². The van der Waals surface area contributed by atoms with Crippen LogP contribution >= 0.6 is 23.2 Å². The summed E-state index contributed by atoms with van der Waals surface area (Å²) in [6.45, 7) is 0. The van der Waals surface area contributed by atoms with Crippen LogP contribution in [0.3, 0.4) is 0 Å². The van der Waals surface area contributed by atoms with E-state index in [4.69, 9.17) is 23.2 Å². The first-order chi connectivity index (χ1) is 3.95. The normalized spacial score (nSPS) is 13.9. The molecule has 0 rings (SSSR count). The second-order valence-electron chi connectivity index (χ2n) is 1.01. The molecule has 0 saturated carbocycles. The predicted octanol–water partition coefficient (Wildman–Crippen LogP) is 1.08. The van der Waals surface area contributed by atoms with E-state index in [1.54, 1.807) is 0 Å². The fourth-order valence-corrected chi connectivity index (χ4v) is 0.822. The van der Waals surface area contributed by atoms with Crippen LogP contribution < -0.4 is 0 Å². The fraction of sp³-hybridized carbons (Fsp3) is 0.500. The van der Waals surface area contributed by atoms with Crippen LogP contribution in [0.4, 0.5) is 3.89 Å². The molecule has 0 aliphatic heterocycles. The first-order valence-electron chi connectivity index (χ1n) is 1.70. The summed E-state index contributed by atoms with van der Waals surface area (Å²) in [5.41, 5.74) is 0. The van der Waals surface area contributed by atoms with Crippen LogP contribution in [-0.4, -0.2) is 19.5 Å². The van der Waals surface area contributed by atoms with Gasteiger partial charge in [0, 0.05) is 0 Å². The van der Waals surface area contributed by atoms with Crippen molar-refractivity contribution < 1.29 is 12.3 Å². The molecular weight excluding hydrogens is 192 g/mol. The number of halogens is 3. The fourth-order valence-electron chi connectivity index (χ4n) is 0.143. The number of hydrogen-bond acceptors (Lipinski definition) is 2. The monoisotopic (exact) mass is 193 g/mol. The average molecular weight is 194 g/mol. The summed E-state index contributed by atoms with van der Waals surface area (Å²) in [6, 6.07) is 0. The van der Waals surface area contributed by atoms with Crippen molar-refractivity contribution in [1.29, 1.82) is 0 Å². The molecule has 9 heavy (non-hydrogen) atoms. The SMILES string of the molecule is O=S(=O)(F)/N=C(\Cl)CCl. The number of nitrogens with zero attached hydrogens (tertiary/aromatic N) is 1. The van der Waals surface area contributed by atoms with Gasteiger partial charge in [0.1, 0.15) is 5.17 Å². The largest absolute Gasteiger partial charge is 0.419 e. The lowest BCUT2D eigenvalue weighted by Crippen LogP contribution is -1.93. The highest BCUT2D eigenvalue weighted by Gasteiger charge is 2.03. The van der Waals surface area contributed by atoms with Crippen molar-refractivity contribution in [2.45, 2.75) is 0 Å². The molecule has 7 heteroatoms. The molecule has 0 N–H and O–H groups in total. The third-order valence-corrected chi connectivity index (χ3v) is 1.47. The molecule has 0 bridgehead atoms. The van der Waals surface area contributed by atoms with Crippen molar-refractivity contribution in [3.8, 4) is 0 Å². The second kappa shape index (κ2) is 3.34. The minimum Gasteiger partial charge on any atom is -0.170 e. The third kappa shape index (κ3) is 6.01. The van der Waals surface area contributed by atoms with Gasteiger partial charge in [0.15, 0.2) is 0 Å². The van der Waals surface area contributed by atoms with E-state index in [1.807, 2.05) is 0 Å². The summed E-state index contributed by atoms with van der Waals surface area (Å²) in [5.74, 6) is -0.315. The first kappa shape index (κ1) is 9.13. The Balaban J connectivity index is 4.32. The maximum absolute atomic E-state index is 11.5. The lowest BCUT2D eigenvalue weighted by atomic mass is 10.9. The molecule has 0 aromatic rings. The molecule has 0 aromatic heterocycles. The van der Waals surface area contributed by atoms with Crippen LogP contribution in [0.25, 0.3) is 0 Å². The van der Waals surface area contributed by atoms with Gasteiger partial charge in [-0.3, -0.25) is 0 Å². The predicted molar refractivity (Wildman–Crippen MR) is 34.0 cm³/mol. The topological polar surface area (TPSA) is 46.5 Å². The van der Waals surface area contributed by atoms with Gasteiger partial charge in [-0.15, -0.1) is 16.0 Å². The van der Waals surface area contributed by atoms with Crippen molar-refractivity contribution >= 4 is 38.8 Å². The summed E-state index contributed by atoms with van der Waals surface area (Å²) in [4.78, 5) is 0. The van der Waals surface area contributed by atoms with Gasteiger partial charge in [-0.2, -0.15) is 8.42 Å². The Bertz CT molecular complexity index is 211. The second-order valence-corrected chi connectivity index (χ2v) is 2.72. The Morgan fingerprint density at radius 1 is 1.67 bits per heavy atom. The van der Waals surface area contributed by atoms with Crippen molar-refractivity contribution in [1.82, 2.24) is 0 Å². The molecule has 0 fully saturated rings. The van der Waals surface area contributed by atoms with Gasteiger partial charge in [0.25, 0.3) is 0 Å². The van der Waals surface area contributed by atoms with Gasteiger partial charge >= 0.3 is 10.4 Å². The third-order valence-electron chi connectivity index (χ3n) is 0.318. The van der Waals surface area contributed by atoms with Gasteiger partial charge in [-0.25, -0.2) is 0 Å². The molecule has 3 nitrogen and oxygen atoms in total.